The predicted octanol–water partition coefficient (Wildman–Crippen LogP) is 4.03. The number of pyridine rings is 1. The lowest BCUT2D eigenvalue weighted by Gasteiger charge is -2.09. The Labute approximate surface area is 143 Å². The number of hydrogen-bond acceptors (Lipinski definition) is 5. The van der Waals surface area contributed by atoms with E-state index in [9.17, 15) is 0 Å². The quantitative estimate of drug-likeness (QED) is 0.773. The van der Waals surface area contributed by atoms with Gasteiger partial charge >= 0.3 is 0 Å². The van der Waals surface area contributed by atoms with Crippen LogP contribution in [0.5, 0.6) is 0 Å². The van der Waals surface area contributed by atoms with E-state index in [1.807, 2.05) is 20.8 Å². The largest absolute Gasteiger partial charge is 0.337 e. The summed E-state index contributed by atoms with van der Waals surface area (Å²) in [6.45, 7) is 5.79. The highest BCUT2D eigenvalue weighted by Gasteiger charge is 2.10. The van der Waals surface area contributed by atoms with Crippen LogP contribution in [-0.4, -0.2) is 24.7 Å². The van der Waals surface area contributed by atoms with Gasteiger partial charge in [-0.25, -0.2) is 19.6 Å². The van der Waals surface area contributed by atoms with Gasteiger partial charge in [0, 0.05) is 17.5 Å². The van der Waals surface area contributed by atoms with Gasteiger partial charge < -0.3 is 5.32 Å². The molecule has 3 aromatic rings. The number of anilines is 2. The Morgan fingerprint density at radius 2 is 1.87 bits per heavy atom. The maximum atomic E-state index is 6.15. The van der Waals surface area contributed by atoms with E-state index in [-0.39, 0.29) is 0 Å². The van der Waals surface area contributed by atoms with Crippen molar-refractivity contribution in [3.8, 4) is 5.82 Å². The summed E-state index contributed by atoms with van der Waals surface area (Å²) in [7, 11) is 0. The highest BCUT2D eigenvalue weighted by molar-refractivity contribution is 6.35. The number of nitrogens with zero attached hydrogens (tertiary/aromatic N) is 5. The number of rotatable bonds is 3. The number of aryl methyl sites for hydroxylation is 2. The third kappa shape index (κ3) is 3.28. The lowest BCUT2D eigenvalue weighted by atomic mass is 10.2. The Balaban J connectivity index is 1.91. The number of halogens is 2. The maximum absolute atomic E-state index is 6.15. The van der Waals surface area contributed by atoms with E-state index in [0.717, 1.165) is 22.8 Å². The molecule has 3 heterocycles. The average molecular weight is 349 g/mol. The van der Waals surface area contributed by atoms with E-state index in [0.29, 0.717) is 21.7 Å². The first-order valence-electron chi connectivity index (χ1n) is 6.89. The predicted molar refractivity (Wildman–Crippen MR) is 90.9 cm³/mol. The van der Waals surface area contributed by atoms with E-state index in [1.165, 1.54) is 6.20 Å². The van der Waals surface area contributed by atoms with Crippen LogP contribution in [0.25, 0.3) is 5.82 Å². The van der Waals surface area contributed by atoms with E-state index in [1.54, 1.807) is 23.1 Å². The molecule has 0 saturated carbocycles. The van der Waals surface area contributed by atoms with Crippen LogP contribution in [-0.2, 0) is 0 Å². The molecule has 0 unspecified atom stereocenters. The summed E-state index contributed by atoms with van der Waals surface area (Å²) < 4.78 is 1.58. The fourth-order valence-electron chi connectivity index (χ4n) is 2.11. The first-order chi connectivity index (χ1) is 10.9. The second-order valence-electron chi connectivity index (χ2n) is 5.09. The molecule has 0 saturated heterocycles. The van der Waals surface area contributed by atoms with E-state index in [2.05, 4.69) is 25.4 Å². The van der Waals surface area contributed by atoms with Crippen LogP contribution in [0, 0.1) is 20.8 Å². The topological polar surface area (TPSA) is 68.5 Å². The molecular weight excluding hydrogens is 335 g/mol. The number of hydrogen-bond donors (Lipinski definition) is 1. The van der Waals surface area contributed by atoms with E-state index < -0.39 is 0 Å². The highest BCUT2D eigenvalue weighted by atomic mass is 35.5. The van der Waals surface area contributed by atoms with Crippen molar-refractivity contribution in [3.63, 3.8) is 0 Å². The second kappa shape index (κ2) is 6.14. The van der Waals surface area contributed by atoms with Crippen molar-refractivity contribution in [2.45, 2.75) is 20.8 Å². The molecule has 0 aliphatic carbocycles. The van der Waals surface area contributed by atoms with Crippen LogP contribution < -0.4 is 5.32 Å². The SMILES string of the molecule is Cc1nc(C)c(C)c(Nc2cnn(-c3ncc(Cl)cc3Cl)c2)n1. The molecule has 0 amide bonds. The van der Waals surface area contributed by atoms with Crippen molar-refractivity contribution in [2.24, 2.45) is 0 Å². The van der Waals surface area contributed by atoms with Crippen molar-refractivity contribution in [1.82, 2.24) is 24.7 Å². The zero-order chi connectivity index (χ0) is 16.6. The smallest absolute Gasteiger partial charge is 0.172 e. The third-order valence-corrected chi connectivity index (χ3v) is 3.84. The molecule has 23 heavy (non-hydrogen) atoms. The van der Waals surface area contributed by atoms with Crippen molar-refractivity contribution < 1.29 is 0 Å². The molecule has 8 heteroatoms. The molecule has 3 rings (SSSR count). The summed E-state index contributed by atoms with van der Waals surface area (Å²) in [5.41, 5.74) is 2.71. The molecule has 0 aromatic carbocycles. The monoisotopic (exact) mass is 348 g/mol. The lowest BCUT2D eigenvalue weighted by molar-refractivity contribution is 0.847. The summed E-state index contributed by atoms with van der Waals surface area (Å²) >= 11 is 12.0. The van der Waals surface area contributed by atoms with Crippen molar-refractivity contribution in [3.05, 3.63) is 51.8 Å². The fourth-order valence-corrected chi connectivity index (χ4v) is 2.57. The summed E-state index contributed by atoms with van der Waals surface area (Å²) in [5.74, 6) is 1.98. The molecule has 0 radical (unpaired) electrons. The van der Waals surface area contributed by atoms with Gasteiger partial charge in [-0.05, 0) is 26.8 Å². The van der Waals surface area contributed by atoms with Gasteiger partial charge in [0.2, 0.25) is 0 Å². The average Bonchev–Trinajstić information content (AvgIpc) is 2.92. The Bertz CT molecular complexity index is 874. The Hall–Kier alpha value is -2.18. The van der Waals surface area contributed by atoms with Gasteiger partial charge in [-0.2, -0.15) is 5.10 Å². The van der Waals surface area contributed by atoms with Gasteiger partial charge in [0.25, 0.3) is 0 Å². The maximum Gasteiger partial charge on any atom is 0.172 e. The zero-order valence-electron chi connectivity index (χ0n) is 12.8. The molecule has 1 N–H and O–H groups in total. The fraction of sp³-hybridized carbons (Fsp3) is 0.200. The minimum absolute atomic E-state index is 0.428. The molecule has 0 aliphatic heterocycles. The molecular formula is C15H14Cl2N6. The summed E-state index contributed by atoms with van der Waals surface area (Å²) in [4.78, 5) is 13.0. The molecule has 0 aliphatic rings. The normalized spacial score (nSPS) is 10.8. The first kappa shape index (κ1) is 15.7. The number of nitrogens with one attached hydrogen (secondary N) is 1. The zero-order valence-corrected chi connectivity index (χ0v) is 14.3. The molecule has 6 nitrogen and oxygen atoms in total. The van der Waals surface area contributed by atoms with E-state index >= 15 is 0 Å². The van der Waals surface area contributed by atoms with Gasteiger partial charge in [-0.3, -0.25) is 0 Å². The second-order valence-corrected chi connectivity index (χ2v) is 5.93. The van der Waals surface area contributed by atoms with Crippen molar-refractivity contribution in [1.29, 1.82) is 0 Å². The van der Waals surface area contributed by atoms with Crippen LogP contribution in [0.15, 0.2) is 24.7 Å². The minimum Gasteiger partial charge on any atom is -0.337 e. The van der Waals surface area contributed by atoms with Gasteiger partial charge in [0.1, 0.15) is 11.6 Å². The molecule has 118 valence electrons. The Kier molecular flexibility index (Phi) is 4.19. The van der Waals surface area contributed by atoms with Gasteiger partial charge in [0.15, 0.2) is 5.82 Å². The summed E-state index contributed by atoms with van der Waals surface area (Å²) in [5, 5.41) is 8.42. The molecule has 3 aromatic heterocycles. The van der Waals surface area contributed by atoms with Crippen LogP contribution in [0.4, 0.5) is 11.5 Å². The molecule has 0 atom stereocenters. The summed E-state index contributed by atoms with van der Waals surface area (Å²) in [6, 6.07) is 1.63. The third-order valence-electron chi connectivity index (χ3n) is 3.35. The van der Waals surface area contributed by atoms with E-state index in [4.69, 9.17) is 23.2 Å². The van der Waals surface area contributed by atoms with Gasteiger partial charge in [-0.15, -0.1) is 0 Å². The van der Waals surface area contributed by atoms with Gasteiger partial charge in [0.05, 0.1) is 28.1 Å². The van der Waals surface area contributed by atoms with Crippen molar-refractivity contribution in [2.75, 3.05) is 5.32 Å². The Morgan fingerprint density at radius 1 is 1.09 bits per heavy atom. The lowest BCUT2D eigenvalue weighted by Crippen LogP contribution is -2.02. The molecule has 0 spiro atoms. The van der Waals surface area contributed by atoms with Gasteiger partial charge in [-0.1, -0.05) is 23.2 Å². The molecule has 0 bridgehead atoms. The standard InChI is InChI=1S/C15H14Cl2N6/c1-8-9(2)20-10(3)21-14(8)22-12-6-19-23(7-12)15-13(17)4-11(16)5-18-15/h4-7H,1-3H3,(H,20,21,22). The highest BCUT2D eigenvalue weighted by Crippen LogP contribution is 2.24. The Morgan fingerprint density at radius 3 is 2.61 bits per heavy atom. The summed E-state index contributed by atoms with van der Waals surface area (Å²) in [6.07, 6.45) is 4.99. The van der Waals surface area contributed by atoms with Crippen LogP contribution in [0.3, 0.4) is 0 Å². The van der Waals surface area contributed by atoms with Crippen molar-refractivity contribution >= 4 is 34.7 Å². The minimum atomic E-state index is 0.428. The molecule has 0 fully saturated rings. The first-order valence-corrected chi connectivity index (χ1v) is 7.64. The van der Waals surface area contributed by atoms with Crippen LogP contribution >= 0.6 is 23.2 Å². The number of aromatic nitrogens is 5. The van der Waals surface area contributed by atoms with Crippen LogP contribution in [0.2, 0.25) is 10.0 Å². The van der Waals surface area contributed by atoms with Crippen LogP contribution in [0.1, 0.15) is 17.1 Å².